The Morgan fingerprint density at radius 1 is 0.409 bits per heavy atom. The zero-order valence-corrected chi connectivity index (χ0v) is 14.7. The Balaban J connectivity index is 5.74. The molecule has 22 radical (unpaired) electrons. The molecule has 0 bridgehead atoms. The molecule has 0 rings (SSSR count). The van der Waals surface area contributed by atoms with Crippen LogP contribution < -0.4 is 0 Å². The summed E-state index contributed by atoms with van der Waals surface area (Å²) in [4.78, 5) is 0. The van der Waals surface area contributed by atoms with Crippen LogP contribution >= 0.6 is 22.4 Å². The minimum atomic E-state index is -0.842. The molecule has 22 heteroatoms. The second-order valence-corrected chi connectivity index (χ2v) is 7.08. The molecule has 0 aromatic heterocycles. The molecule has 0 spiro atoms. The second-order valence-electron chi connectivity index (χ2n) is 5.64. The highest BCUT2D eigenvalue weighted by atomic mass is 127. The average Bonchev–Trinajstić information content (AvgIpc) is 2.32. The fourth-order valence-corrected chi connectivity index (χ4v) is 4.56. The van der Waals surface area contributed by atoms with Gasteiger partial charge in [-0.2, -0.15) is 22.4 Å². The van der Waals surface area contributed by atoms with Gasteiger partial charge in [0.25, 0.3) is 0 Å². The third-order valence-corrected chi connectivity index (χ3v) is 5.51. The van der Waals surface area contributed by atoms with E-state index in [2.05, 4.69) is 22.4 Å². The highest BCUT2D eigenvalue weighted by molar-refractivity contribution is 14.1. The van der Waals surface area contributed by atoms with Crippen LogP contribution in [0.4, 0.5) is 0 Å². The minimum absolute atomic E-state index is 0.337. The summed E-state index contributed by atoms with van der Waals surface area (Å²) in [5.41, 5.74) is 0. The molecule has 22 heavy (non-hydrogen) atoms. The van der Waals surface area contributed by atoms with Gasteiger partial charge in [0.2, 0.25) is 0 Å². The monoisotopic (exact) mass is 358 g/mol. The summed E-state index contributed by atoms with van der Waals surface area (Å²) in [5, 5.41) is 0. The summed E-state index contributed by atoms with van der Waals surface area (Å²) in [6.45, 7) is 0. The van der Waals surface area contributed by atoms with Gasteiger partial charge >= 0.3 is 0 Å². The van der Waals surface area contributed by atoms with Crippen LogP contribution in [0.1, 0.15) is 0 Å². The van der Waals surface area contributed by atoms with Gasteiger partial charge in [0.05, 0.1) is 0 Å². The highest BCUT2D eigenvalue weighted by Crippen LogP contribution is 2.13. The van der Waals surface area contributed by atoms with Crippen molar-refractivity contribution in [1.82, 2.24) is 0 Å². The van der Waals surface area contributed by atoms with Gasteiger partial charge in [-0.1, -0.05) is 0 Å². The van der Waals surface area contributed by atoms with E-state index in [0.29, 0.717) is 0 Å². The lowest BCUT2D eigenvalue weighted by Crippen LogP contribution is -2.79. The summed E-state index contributed by atoms with van der Waals surface area (Å²) in [6.07, 6.45) is -6.33. The van der Waals surface area contributed by atoms with Gasteiger partial charge in [-0.15, -0.1) is 0 Å². The first-order valence-corrected chi connectivity index (χ1v) is 8.13. The molecule has 0 N–H and O–H groups in total. The second kappa shape index (κ2) is 10.9. The fraction of sp³-hybridized carbons (Fsp3) is 0. The maximum atomic E-state index is 6.14. The van der Waals surface area contributed by atoms with Gasteiger partial charge in [-0.25, -0.2) is 0 Å². The molecule has 0 fully saturated rings. The predicted molar refractivity (Wildman–Crippen MR) is 135 cm³/mol. The van der Waals surface area contributed by atoms with Crippen molar-refractivity contribution in [2.45, 2.75) is 0 Å². The van der Waals surface area contributed by atoms with Crippen molar-refractivity contribution in [1.29, 1.82) is 0 Å². The molecule has 0 unspecified atom stereocenters. The Morgan fingerprint density at radius 3 is 0.955 bits per heavy atom. The number of rotatable bonds is 9. The van der Waals surface area contributed by atoms with Crippen molar-refractivity contribution >= 4 is 169 Å². The van der Waals surface area contributed by atoms with Crippen LogP contribution in [0.5, 0.6) is 0 Å². The molecule has 70 valence electrons. The zero-order chi connectivity index (χ0) is 17.8. The van der Waals surface area contributed by atoms with E-state index in [1.54, 1.807) is 0 Å². The van der Waals surface area contributed by atoms with Crippen molar-refractivity contribution in [2.75, 3.05) is 0 Å². The van der Waals surface area contributed by atoms with Gasteiger partial charge in [-0.05, 0) is 0 Å². The predicted octanol–water partition coefficient (Wildman–Crippen LogP) is -7.11. The highest BCUT2D eigenvalue weighted by Gasteiger charge is 2.46. The van der Waals surface area contributed by atoms with E-state index < -0.39 is 57.5 Å². The lowest BCUT2D eigenvalue weighted by Gasteiger charge is -2.41. The summed E-state index contributed by atoms with van der Waals surface area (Å²) < 4.78 is -0.337. The van der Waals surface area contributed by atoms with E-state index in [0.717, 1.165) is 0 Å². The topological polar surface area (TPSA) is 0 Å². The normalized spacial score (nSPS) is 9.32. The number of halogens is 1. The van der Waals surface area contributed by atoms with Crippen LogP contribution in [0.2, 0.25) is 0 Å². The van der Waals surface area contributed by atoms with Crippen LogP contribution in [0.15, 0.2) is 0 Å². The smallest absolute Gasteiger partial charge is 0.120 e. The molecule has 0 aliphatic carbocycles. The Bertz CT molecular complexity index is 274. The Morgan fingerprint density at radius 2 is 0.727 bits per heavy atom. The van der Waals surface area contributed by atoms with E-state index in [9.17, 15) is 0 Å². The van der Waals surface area contributed by atoms with Gasteiger partial charge in [-0.3, -0.25) is 0 Å². The summed E-state index contributed by atoms with van der Waals surface area (Å²) in [7, 11) is 64.0. The first-order chi connectivity index (χ1) is 9.93. The Kier molecular flexibility index (Phi) is 12.0. The minimum Gasteiger partial charge on any atom is -0.173 e. The third-order valence-electron chi connectivity index (χ3n) is 3.85. The molecule has 0 saturated carbocycles. The molecule has 0 aromatic carbocycles. The number of hydrogen-bond donors (Lipinski definition) is 0. The van der Waals surface area contributed by atoms with E-state index in [-0.39, 0.29) is 4.35 Å². The fourth-order valence-electron chi connectivity index (χ4n) is 2.65. The molecule has 0 saturated heterocycles. The lowest BCUT2D eigenvalue weighted by molar-refractivity contribution is 3.37. The van der Waals surface area contributed by atoms with Crippen molar-refractivity contribution in [3.63, 3.8) is 0 Å². The molecule has 0 nitrogen and oxygen atoms in total. The summed E-state index contributed by atoms with van der Waals surface area (Å²) in [6, 6.07) is 0. The van der Waals surface area contributed by atoms with E-state index in [1.165, 1.54) is 0 Å². The van der Waals surface area contributed by atoms with Crippen molar-refractivity contribution in [3.8, 4) is 0 Å². The van der Waals surface area contributed by atoms with Gasteiger partial charge < -0.3 is 0 Å². The van der Waals surface area contributed by atoms with Gasteiger partial charge in [0.15, 0.2) is 0 Å². The quantitative estimate of drug-likeness (QED) is 0.285. The molecule has 0 amide bonds. The molecule has 0 aliphatic rings. The van der Waals surface area contributed by atoms with Crippen molar-refractivity contribution in [3.05, 3.63) is 0 Å². The van der Waals surface area contributed by atoms with Crippen molar-refractivity contribution < 1.29 is 0 Å². The molecular formula is B21I. The first kappa shape index (κ1) is 24.1. The molecule has 0 atom stereocenters. The molecule has 0 aromatic rings. The largest absolute Gasteiger partial charge is 0.173 e. The van der Waals surface area contributed by atoms with E-state index in [4.69, 9.17) is 85.1 Å². The number of hydrogen-bond acceptors (Lipinski definition) is 0. The van der Waals surface area contributed by atoms with Crippen LogP contribution in [0.25, 0.3) is 0 Å². The lowest BCUT2D eigenvalue weighted by atomic mass is 8.43. The van der Waals surface area contributed by atoms with Gasteiger partial charge in [0.1, 0.15) is 4.35 Å². The zero-order valence-electron chi connectivity index (χ0n) is 12.5. The standard InChI is InChI=1S/B21I/c1-12(2)17(11)20(18(13(3)4)14(5)6)21(22)19(15(7)8)16(9)10. The van der Waals surface area contributed by atoms with E-state index >= 15 is 0 Å². The van der Waals surface area contributed by atoms with Gasteiger partial charge in [0, 0.05) is 143 Å². The van der Waals surface area contributed by atoms with E-state index in [1.807, 2.05) is 0 Å². The van der Waals surface area contributed by atoms with Crippen molar-refractivity contribution in [2.24, 2.45) is 0 Å². The van der Waals surface area contributed by atoms with Crippen LogP contribution in [0, 0.1) is 0 Å². The molecule has 0 aliphatic heterocycles. The SMILES string of the molecule is [B]B([B])B([B])B(B(I)B(B([B])[B])B([B])[B])B(B([B])[B])B([B])[B]. The van der Waals surface area contributed by atoms with Crippen LogP contribution in [0.3, 0.4) is 0 Å². The molecule has 0 heterocycles. The summed E-state index contributed by atoms with van der Waals surface area (Å²) in [5.74, 6) is 0. The van der Waals surface area contributed by atoms with Crippen LogP contribution in [-0.2, 0) is 0 Å². The Labute approximate surface area is 168 Å². The maximum Gasteiger partial charge on any atom is 0.120 e. The first-order valence-electron chi connectivity index (χ1n) is 6.88. The maximum absolute atomic E-state index is 6.14. The summed E-state index contributed by atoms with van der Waals surface area (Å²) >= 11 is 2.09. The van der Waals surface area contributed by atoms with Crippen LogP contribution in [-0.4, -0.2) is 147 Å². The Hall–Kier alpha value is 2.09. The third kappa shape index (κ3) is 6.77. The average molecular weight is 354 g/mol. The molecular weight excluding hydrogens is 354 g/mol.